The highest BCUT2D eigenvalue weighted by Gasteiger charge is 2.16. The van der Waals surface area contributed by atoms with Crippen LogP contribution in [0.1, 0.15) is 5.82 Å². The number of morpholine rings is 1. The number of nitrogen functional groups attached to an aromatic ring is 1. The van der Waals surface area contributed by atoms with Crippen LogP contribution in [0.15, 0.2) is 18.2 Å². The van der Waals surface area contributed by atoms with Gasteiger partial charge < -0.3 is 20.1 Å². The lowest BCUT2D eigenvalue weighted by Gasteiger charge is -2.26. The highest BCUT2D eigenvalue weighted by molar-refractivity contribution is 6.32. The molecule has 9 heteroatoms. The summed E-state index contributed by atoms with van der Waals surface area (Å²) < 4.78 is 23.8. The van der Waals surface area contributed by atoms with Crippen LogP contribution in [0.25, 0.3) is 0 Å². The number of hydrogen-bond acceptors (Lipinski definition) is 7. The van der Waals surface area contributed by atoms with Crippen LogP contribution in [0, 0.1) is 5.82 Å². The normalized spacial score (nSPS) is 14.8. The molecule has 2 N–H and O–H groups in total. The molecule has 0 amide bonds. The fourth-order valence-electron chi connectivity index (χ4n) is 2.13. The Labute approximate surface area is 137 Å². The summed E-state index contributed by atoms with van der Waals surface area (Å²) in [5.41, 5.74) is 5.73. The third-order valence-corrected chi connectivity index (χ3v) is 3.53. The van der Waals surface area contributed by atoms with Crippen molar-refractivity contribution >= 4 is 23.5 Å². The molecule has 1 fully saturated rings. The van der Waals surface area contributed by atoms with Gasteiger partial charge in [0.1, 0.15) is 18.2 Å². The van der Waals surface area contributed by atoms with Crippen LogP contribution in [0.2, 0.25) is 5.02 Å². The van der Waals surface area contributed by atoms with Crippen molar-refractivity contribution in [3.8, 4) is 5.75 Å². The molecular weight excluding hydrogens is 325 g/mol. The second kappa shape index (κ2) is 6.93. The van der Waals surface area contributed by atoms with E-state index in [2.05, 4.69) is 15.0 Å². The fraction of sp³-hybridized carbons (Fsp3) is 0.357. The second-order valence-corrected chi connectivity index (χ2v) is 5.28. The van der Waals surface area contributed by atoms with Crippen molar-refractivity contribution in [2.45, 2.75) is 6.61 Å². The van der Waals surface area contributed by atoms with Crippen molar-refractivity contribution in [1.82, 2.24) is 15.0 Å². The molecule has 0 spiro atoms. The van der Waals surface area contributed by atoms with Crippen molar-refractivity contribution in [3.05, 3.63) is 34.9 Å². The molecule has 0 aliphatic carbocycles. The summed E-state index contributed by atoms with van der Waals surface area (Å²) in [5, 5.41) is 0.181. The van der Waals surface area contributed by atoms with Crippen molar-refractivity contribution in [2.24, 2.45) is 0 Å². The maximum Gasteiger partial charge on any atom is 0.230 e. The Kier molecular flexibility index (Phi) is 4.73. The van der Waals surface area contributed by atoms with Crippen molar-refractivity contribution in [1.29, 1.82) is 0 Å². The lowest BCUT2D eigenvalue weighted by Crippen LogP contribution is -2.37. The molecule has 0 atom stereocenters. The number of aromatic nitrogens is 3. The van der Waals surface area contributed by atoms with Gasteiger partial charge in [0.05, 0.1) is 18.2 Å². The molecule has 0 radical (unpaired) electrons. The summed E-state index contributed by atoms with van der Waals surface area (Å²) in [4.78, 5) is 14.5. The number of hydrogen-bond donors (Lipinski definition) is 1. The molecule has 1 saturated heterocycles. The smallest absolute Gasteiger partial charge is 0.230 e. The summed E-state index contributed by atoms with van der Waals surface area (Å²) in [7, 11) is 0. The Bertz CT molecular complexity index is 697. The van der Waals surface area contributed by atoms with Gasteiger partial charge in [-0.15, -0.1) is 0 Å². The monoisotopic (exact) mass is 339 g/mol. The van der Waals surface area contributed by atoms with Crippen molar-refractivity contribution in [2.75, 3.05) is 36.9 Å². The van der Waals surface area contributed by atoms with Crippen LogP contribution < -0.4 is 15.4 Å². The van der Waals surface area contributed by atoms with Gasteiger partial charge >= 0.3 is 0 Å². The number of ether oxygens (including phenoxy) is 2. The second-order valence-electron chi connectivity index (χ2n) is 4.87. The molecule has 2 aromatic rings. The number of rotatable bonds is 4. The molecule has 1 aromatic heterocycles. The zero-order chi connectivity index (χ0) is 16.2. The van der Waals surface area contributed by atoms with Gasteiger partial charge in [-0.3, -0.25) is 0 Å². The predicted molar refractivity (Wildman–Crippen MR) is 83.0 cm³/mol. The van der Waals surface area contributed by atoms with Crippen LogP contribution in [-0.4, -0.2) is 41.3 Å². The molecule has 122 valence electrons. The summed E-state index contributed by atoms with van der Waals surface area (Å²) in [6.45, 7) is 2.65. The van der Waals surface area contributed by atoms with E-state index in [0.717, 1.165) is 0 Å². The maximum absolute atomic E-state index is 13.0. The number of anilines is 2. The Morgan fingerprint density at radius 3 is 2.78 bits per heavy atom. The largest absolute Gasteiger partial charge is 0.484 e. The van der Waals surface area contributed by atoms with Gasteiger partial charge in [-0.05, 0) is 18.2 Å². The van der Waals surface area contributed by atoms with Gasteiger partial charge in [-0.2, -0.15) is 15.0 Å². The topological polar surface area (TPSA) is 86.4 Å². The molecule has 0 unspecified atom stereocenters. The lowest BCUT2D eigenvalue weighted by molar-refractivity contribution is 0.122. The van der Waals surface area contributed by atoms with Gasteiger partial charge in [-0.25, -0.2) is 4.39 Å². The Balaban J connectivity index is 1.73. The zero-order valence-electron chi connectivity index (χ0n) is 12.2. The Morgan fingerprint density at radius 2 is 2.04 bits per heavy atom. The maximum atomic E-state index is 13.0. The van der Waals surface area contributed by atoms with E-state index in [1.165, 1.54) is 18.2 Å². The molecule has 3 rings (SSSR count). The molecule has 0 bridgehead atoms. The quantitative estimate of drug-likeness (QED) is 0.906. The highest BCUT2D eigenvalue weighted by atomic mass is 35.5. The standard InChI is InChI=1S/C14H15ClFN5O2/c15-10-7-9(16)1-2-11(10)23-8-12-18-13(17)20-14(19-12)21-3-5-22-6-4-21/h1-2,7H,3-6,8H2,(H2,17,18,19,20). The Morgan fingerprint density at radius 1 is 1.26 bits per heavy atom. The van der Waals surface area contributed by atoms with E-state index >= 15 is 0 Å². The summed E-state index contributed by atoms with van der Waals surface area (Å²) in [6.07, 6.45) is 0. The molecule has 23 heavy (non-hydrogen) atoms. The van der Waals surface area contributed by atoms with E-state index in [1.54, 1.807) is 0 Å². The van der Waals surface area contributed by atoms with Crippen LogP contribution in [0.5, 0.6) is 5.75 Å². The van der Waals surface area contributed by atoms with Gasteiger partial charge in [0.2, 0.25) is 11.9 Å². The van der Waals surface area contributed by atoms with Gasteiger partial charge in [0.15, 0.2) is 5.82 Å². The third-order valence-electron chi connectivity index (χ3n) is 3.23. The van der Waals surface area contributed by atoms with Crippen LogP contribution in [0.3, 0.4) is 0 Å². The molecule has 7 nitrogen and oxygen atoms in total. The predicted octanol–water partition coefficient (Wildman–Crippen LogP) is 1.66. The summed E-state index contributed by atoms with van der Waals surface area (Å²) in [5.74, 6) is 0.899. The van der Waals surface area contributed by atoms with Gasteiger partial charge in [0, 0.05) is 13.1 Å². The van der Waals surface area contributed by atoms with E-state index in [4.69, 9.17) is 26.8 Å². The lowest BCUT2D eigenvalue weighted by atomic mass is 10.3. The zero-order valence-corrected chi connectivity index (χ0v) is 13.0. The minimum Gasteiger partial charge on any atom is -0.484 e. The summed E-state index contributed by atoms with van der Waals surface area (Å²) in [6, 6.07) is 3.89. The van der Waals surface area contributed by atoms with Gasteiger partial charge in [-0.1, -0.05) is 11.6 Å². The average Bonchev–Trinajstić information content (AvgIpc) is 2.54. The molecule has 1 aliphatic heterocycles. The Hall–Kier alpha value is -2.19. The van der Waals surface area contributed by atoms with Crippen LogP contribution >= 0.6 is 11.6 Å². The molecule has 1 aliphatic rings. The number of benzene rings is 1. The minimum atomic E-state index is -0.429. The fourth-order valence-corrected chi connectivity index (χ4v) is 2.35. The van der Waals surface area contributed by atoms with Gasteiger partial charge in [0.25, 0.3) is 0 Å². The first-order valence-corrected chi connectivity index (χ1v) is 7.40. The SMILES string of the molecule is Nc1nc(COc2ccc(F)cc2Cl)nc(N2CCOCC2)n1. The molecule has 0 saturated carbocycles. The molecular formula is C14H15ClFN5O2. The average molecular weight is 340 g/mol. The summed E-state index contributed by atoms with van der Waals surface area (Å²) >= 11 is 5.92. The van der Waals surface area contributed by atoms with E-state index in [9.17, 15) is 4.39 Å². The first-order chi connectivity index (χ1) is 11.1. The first-order valence-electron chi connectivity index (χ1n) is 7.03. The van der Waals surface area contributed by atoms with E-state index in [0.29, 0.717) is 43.8 Å². The third kappa shape index (κ3) is 3.96. The highest BCUT2D eigenvalue weighted by Crippen LogP contribution is 2.25. The van der Waals surface area contributed by atoms with E-state index < -0.39 is 5.82 Å². The first kappa shape index (κ1) is 15.7. The van der Waals surface area contributed by atoms with Crippen LogP contribution in [-0.2, 0) is 11.3 Å². The molecule has 1 aromatic carbocycles. The number of nitrogens with zero attached hydrogens (tertiary/aromatic N) is 4. The van der Waals surface area contributed by atoms with E-state index in [1.807, 2.05) is 4.90 Å². The molecule has 2 heterocycles. The minimum absolute atomic E-state index is 0.0510. The van der Waals surface area contributed by atoms with Crippen molar-refractivity contribution in [3.63, 3.8) is 0 Å². The number of nitrogens with two attached hydrogens (primary N) is 1. The number of halogens is 2. The van der Waals surface area contributed by atoms with E-state index in [-0.39, 0.29) is 17.6 Å². The van der Waals surface area contributed by atoms with Crippen LogP contribution in [0.4, 0.5) is 16.3 Å². The van der Waals surface area contributed by atoms with Crippen molar-refractivity contribution < 1.29 is 13.9 Å².